The summed E-state index contributed by atoms with van der Waals surface area (Å²) in [5, 5.41) is 13.7. The molecule has 0 radical (unpaired) electrons. The molecule has 2 amide bonds. The number of hydrogen-bond donors (Lipinski definition) is 2. The molecule has 2 aliphatic rings. The molecule has 1 aromatic rings. The van der Waals surface area contributed by atoms with E-state index in [0.717, 1.165) is 44.3 Å². The van der Waals surface area contributed by atoms with Crippen LogP contribution < -0.4 is 5.32 Å². The van der Waals surface area contributed by atoms with Crippen molar-refractivity contribution in [1.29, 1.82) is 0 Å². The Hall–Kier alpha value is -1.83. The molecule has 184 valence electrons. The van der Waals surface area contributed by atoms with Gasteiger partial charge < -0.3 is 20.1 Å². The molecule has 1 atom stereocenters. The first-order valence-corrected chi connectivity index (χ1v) is 12.4. The molecule has 0 bridgehead atoms. The summed E-state index contributed by atoms with van der Waals surface area (Å²) in [4.78, 5) is 30.2. The predicted octanol–water partition coefficient (Wildman–Crippen LogP) is 3.62. The van der Waals surface area contributed by atoms with Gasteiger partial charge in [0, 0.05) is 30.1 Å². The highest BCUT2D eigenvalue weighted by Gasteiger charge is 2.41. The third-order valence-electron chi connectivity index (χ3n) is 6.67. The Bertz CT molecular complexity index is 795. The van der Waals surface area contributed by atoms with Crippen molar-refractivity contribution in [2.45, 2.75) is 76.5 Å². The highest BCUT2D eigenvalue weighted by Crippen LogP contribution is 2.31. The van der Waals surface area contributed by atoms with Crippen LogP contribution in [0, 0.1) is 0 Å². The zero-order valence-electron chi connectivity index (χ0n) is 20.1. The first-order chi connectivity index (χ1) is 15.6. The zero-order valence-corrected chi connectivity index (χ0v) is 20.9. The fourth-order valence-electron chi connectivity index (χ4n) is 4.81. The van der Waals surface area contributed by atoms with Crippen LogP contribution in [0.5, 0.6) is 0 Å². The quantitative estimate of drug-likeness (QED) is 0.651. The lowest BCUT2D eigenvalue weighted by Gasteiger charge is -2.49. The minimum Gasteiger partial charge on any atom is -0.444 e. The number of rotatable bonds is 6. The number of piperidine rings is 2. The van der Waals surface area contributed by atoms with Gasteiger partial charge in [-0.3, -0.25) is 9.69 Å². The molecule has 2 heterocycles. The molecule has 8 heteroatoms. The summed E-state index contributed by atoms with van der Waals surface area (Å²) in [6, 6.07) is 6.55. The highest BCUT2D eigenvalue weighted by molar-refractivity contribution is 6.30. The molecule has 2 saturated heterocycles. The molecule has 0 spiro atoms. The maximum absolute atomic E-state index is 13.5. The van der Waals surface area contributed by atoms with Gasteiger partial charge in [0.15, 0.2) is 0 Å². The highest BCUT2D eigenvalue weighted by atomic mass is 35.5. The molecule has 0 saturated carbocycles. The van der Waals surface area contributed by atoms with Crippen LogP contribution in [-0.2, 0) is 16.0 Å². The molecule has 1 aromatic carbocycles. The lowest BCUT2D eigenvalue weighted by Crippen LogP contribution is -2.61. The van der Waals surface area contributed by atoms with Crippen LogP contribution in [0.15, 0.2) is 24.3 Å². The first kappa shape index (κ1) is 25.8. The third kappa shape index (κ3) is 7.08. The van der Waals surface area contributed by atoms with Gasteiger partial charge in [0.1, 0.15) is 11.6 Å². The van der Waals surface area contributed by atoms with E-state index >= 15 is 0 Å². The normalized spacial score (nSPS) is 20.2. The molecule has 2 aliphatic heterocycles. The maximum Gasteiger partial charge on any atom is 0.408 e. The third-order valence-corrected chi connectivity index (χ3v) is 6.92. The van der Waals surface area contributed by atoms with Crippen LogP contribution >= 0.6 is 11.6 Å². The van der Waals surface area contributed by atoms with Gasteiger partial charge in [-0.15, -0.1) is 0 Å². The van der Waals surface area contributed by atoms with Crippen molar-refractivity contribution in [1.82, 2.24) is 15.1 Å². The Morgan fingerprint density at radius 2 is 1.70 bits per heavy atom. The number of halogens is 1. The standard InChI is InChI=1S/C25H38ClN3O4/c1-24(2,3)33-23(32)27-21(17-19-7-9-20(26)10-8-19)22(31)28-15-11-25(18-30,12-16-28)29-13-5-4-6-14-29/h7-10,21,30H,4-6,11-18H2,1-3H3,(H,27,32). The van der Waals surface area contributed by atoms with Gasteiger partial charge in [-0.2, -0.15) is 0 Å². The van der Waals surface area contributed by atoms with Gasteiger partial charge in [-0.05, 0) is 77.2 Å². The number of likely N-dealkylation sites (tertiary alicyclic amines) is 2. The minimum absolute atomic E-state index is 0.111. The van der Waals surface area contributed by atoms with Crippen LogP contribution in [0.1, 0.15) is 58.4 Å². The van der Waals surface area contributed by atoms with Crippen molar-refractivity contribution < 1.29 is 19.4 Å². The first-order valence-electron chi connectivity index (χ1n) is 12.0. The number of carbonyl (C=O) groups excluding carboxylic acids is 2. The van der Waals surface area contributed by atoms with E-state index in [1.165, 1.54) is 6.42 Å². The fourth-order valence-corrected chi connectivity index (χ4v) is 4.94. The molecular weight excluding hydrogens is 442 g/mol. The second-order valence-electron chi connectivity index (χ2n) is 10.3. The van der Waals surface area contributed by atoms with Crippen LogP contribution in [-0.4, -0.2) is 76.9 Å². The van der Waals surface area contributed by atoms with Gasteiger partial charge in [0.25, 0.3) is 0 Å². The van der Waals surface area contributed by atoms with Crippen LogP contribution in [0.25, 0.3) is 0 Å². The van der Waals surface area contributed by atoms with E-state index in [2.05, 4.69) is 10.2 Å². The lowest BCUT2D eigenvalue weighted by molar-refractivity contribution is -0.137. The topological polar surface area (TPSA) is 82.1 Å². The fraction of sp³-hybridized carbons (Fsp3) is 0.680. The number of ether oxygens (including phenoxy) is 1. The molecule has 1 unspecified atom stereocenters. The number of aliphatic hydroxyl groups excluding tert-OH is 1. The number of aliphatic hydroxyl groups is 1. The van der Waals surface area contributed by atoms with Gasteiger partial charge in [-0.25, -0.2) is 4.79 Å². The number of carbonyl (C=O) groups is 2. The second-order valence-corrected chi connectivity index (χ2v) is 10.7. The van der Waals surface area contributed by atoms with Crippen molar-refractivity contribution in [3.05, 3.63) is 34.9 Å². The van der Waals surface area contributed by atoms with E-state index in [-0.39, 0.29) is 18.1 Å². The van der Waals surface area contributed by atoms with Crippen molar-refractivity contribution >= 4 is 23.6 Å². The number of alkyl carbamates (subject to hydrolysis) is 1. The van der Waals surface area contributed by atoms with E-state index in [9.17, 15) is 14.7 Å². The van der Waals surface area contributed by atoms with Crippen LogP contribution in [0.4, 0.5) is 4.79 Å². The lowest BCUT2D eigenvalue weighted by atomic mass is 9.84. The summed E-state index contributed by atoms with van der Waals surface area (Å²) in [5.74, 6) is -0.124. The van der Waals surface area contributed by atoms with Crippen LogP contribution in [0.3, 0.4) is 0 Å². The average Bonchev–Trinajstić information content (AvgIpc) is 2.79. The minimum atomic E-state index is -0.738. The summed E-state index contributed by atoms with van der Waals surface area (Å²) in [5.41, 5.74) is 0.00328. The van der Waals surface area contributed by atoms with Crippen molar-refractivity contribution in [3.63, 3.8) is 0 Å². The summed E-state index contributed by atoms with van der Waals surface area (Å²) >= 11 is 6.00. The number of benzene rings is 1. The van der Waals surface area contributed by atoms with Gasteiger partial charge in [-0.1, -0.05) is 30.2 Å². The Balaban J connectivity index is 1.69. The molecular formula is C25H38ClN3O4. The predicted molar refractivity (Wildman–Crippen MR) is 129 cm³/mol. The van der Waals surface area contributed by atoms with E-state index < -0.39 is 17.7 Å². The average molecular weight is 480 g/mol. The SMILES string of the molecule is CC(C)(C)OC(=O)NC(Cc1ccc(Cl)cc1)C(=O)N1CCC(CO)(N2CCCCC2)CC1. The molecule has 0 aliphatic carbocycles. The largest absolute Gasteiger partial charge is 0.444 e. The Morgan fingerprint density at radius 1 is 1.09 bits per heavy atom. The summed E-state index contributed by atoms with van der Waals surface area (Å²) < 4.78 is 5.41. The Kier molecular flexibility index (Phi) is 8.65. The molecule has 2 fully saturated rings. The number of nitrogens with one attached hydrogen (secondary N) is 1. The van der Waals surface area contributed by atoms with Crippen molar-refractivity contribution in [3.8, 4) is 0 Å². The molecule has 0 aromatic heterocycles. The smallest absolute Gasteiger partial charge is 0.408 e. The van der Waals surface area contributed by atoms with E-state index in [4.69, 9.17) is 16.3 Å². The maximum atomic E-state index is 13.5. The molecule has 7 nitrogen and oxygen atoms in total. The monoisotopic (exact) mass is 479 g/mol. The number of nitrogens with zero attached hydrogens (tertiary/aromatic N) is 2. The van der Waals surface area contributed by atoms with Gasteiger partial charge >= 0.3 is 6.09 Å². The number of amides is 2. The van der Waals surface area contributed by atoms with E-state index in [1.54, 1.807) is 32.9 Å². The second kappa shape index (κ2) is 11.1. The van der Waals surface area contributed by atoms with Crippen LogP contribution in [0.2, 0.25) is 5.02 Å². The molecule has 2 N–H and O–H groups in total. The summed E-state index contributed by atoms with van der Waals surface area (Å²) in [6.07, 6.45) is 4.77. The Morgan fingerprint density at radius 3 is 2.24 bits per heavy atom. The van der Waals surface area contributed by atoms with Gasteiger partial charge in [0.2, 0.25) is 5.91 Å². The van der Waals surface area contributed by atoms with Crippen molar-refractivity contribution in [2.24, 2.45) is 0 Å². The van der Waals surface area contributed by atoms with Gasteiger partial charge in [0.05, 0.1) is 6.61 Å². The summed E-state index contributed by atoms with van der Waals surface area (Å²) in [7, 11) is 0. The Labute approximate surface area is 202 Å². The molecule has 3 rings (SSSR count). The molecule has 33 heavy (non-hydrogen) atoms. The van der Waals surface area contributed by atoms with E-state index in [1.807, 2.05) is 17.0 Å². The van der Waals surface area contributed by atoms with Crippen molar-refractivity contribution in [2.75, 3.05) is 32.8 Å². The zero-order chi connectivity index (χ0) is 24.1. The van der Waals surface area contributed by atoms with E-state index in [0.29, 0.717) is 24.5 Å². The summed E-state index contributed by atoms with van der Waals surface area (Å²) in [6.45, 7) is 8.63. The number of hydrogen-bond acceptors (Lipinski definition) is 5.